The molecule has 0 unspecified atom stereocenters. The normalized spacial score (nSPS) is 14.1. The fourth-order valence-corrected chi connectivity index (χ4v) is 5.41. The third-order valence-corrected chi connectivity index (χ3v) is 8.11. The Balaban J connectivity index is 1.28. The molecule has 1 saturated heterocycles. The number of aryl methyl sites for hydroxylation is 3. The standard InChI is InChI=1S/C28H33N3O3S/c1-21-7-12-25(13-8-21)29-35(33,34)26-14-9-24(10-15-26)11-16-28(32)31-19-17-30(18-20-31)27-6-4-5-22(2)23(27)3/h4-10,12-15,29H,11,16-20H2,1-3H3. The van der Waals surface area contributed by atoms with Crippen LogP contribution in [-0.4, -0.2) is 45.4 Å². The van der Waals surface area contributed by atoms with Gasteiger partial charge in [0, 0.05) is 44.0 Å². The number of sulfonamides is 1. The average Bonchev–Trinajstić information content (AvgIpc) is 2.86. The zero-order valence-electron chi connectivity index (χ0n) is 20.6. The largest absolute Gasteiger partial charge is 0.368 e. The van der Waals surface area contributed by atoms with Crippen molar-refractivity contribution >= 4 is 27.3 Å². The minimum absolute atomic E-state index is 0.142. The SMILES string of the molecule is Cc1ccc(NS(=O)(=O)c2ccc(CCC(=O)N3CCN(c4cccc(C)c4C)CC3)cc2)cc1. The molecule has 0 aliphatic carbocycles. The molecule has 1 aliphatic rings. The number of rotatable bonds is 7. The summed E-state index contributed by atoms with van der Waals surface area (Å²) in [6, 6.07) is 20.3. The van der Waals surface area contributed by atoms with Crippen molar-refractivity contribution in [1.29, 1.82) is 0 Å². The molecule has 1 heterocycles. The summed E-state index contributed by atoms with van der Waals surface area (Å²) in [4.78, 5) is 17.3. The monoisotopic (exact) mass is 491 g/mol. The summed E-state index contributed by atoms with van der Waals surface area (Å²) in [7, 11) is -3.66. The summed E-state index contributed by atoms with van der Waals surface area (Å²) in [5.74, 6) is 0.142. The molecule has 4 rings (SSSR count). The van der Waals surface area contributed by atoms with Gasteiger partial charge in [-0.05, 0) is 74.2 Å². The lowest BCUT2D eigenvalue weighted by Crippen LogP contribution is -2.49. The van der Waals surface area contributed by atoms with Crippen LogP contribution in [0.3, 0.4) is 0 Å². The van der Waals surface area contributed by atoms with Gasteiger partial charge < -0.3 is 9.80 Å². The predicted molar refractivity (Wildman–Crippen MR) is 141 cm³/mol. The highest BCUT2D eigenvalue weighted by Gasteiger charge is 2.22. The summed E-state index contributed by atoms with van der Waals surface area (Å²) < 4.78 is 27.9. The lowest BCUT2D eigenvalue weighted by Gasteiger charge is -2.37. The Kier molecular flexibility index (Phi) is 7.45. The molecule has 1 fully saturated rings. The summed E-state index contributed by atoms with van der Waals surface area (Å²) in [5, 5.41) is 0. The molecule has 35 heavy (non-hydrogen) atoms. The van der Waals surface area contributed by atoms with Gasteiger partial charge in [-0.3, -0.25) is 9.52 Å². The molecule has 0 aromatic heterocycles. The zero-order chi connectivity index (χ0) is 25.0. The minimum atomic E-state index is -3.66. The average molecular weight is 492 g/mol. The second kappa shape index (κ2) is 10.5. The molecule has 6 nitrogen and oxygen atoms in total. The molecule has 0 radical (unpaired) electrons. The number of carbonyl (C=O) groups excluding carboxylic acids is 1. The Morgan fingerprint density at radius 2 is 1.51 bits per heavy atom. The van der Waals surface area contributed by atoms with Gasteiger partial charge in [-0.15, -0.1) is 0 Å². The van der Waals surface area contributed by atoms with Crippen LogP contribution in [0.2, 0.25) is 0 Å². The lowest BCUT2D eigenvalue weighted by molar-refractivity contribution is -0.131. The maximum atomic E-state index is 12.8. The molecule has 0 spiro atoms. The molecule has 0 saturated carbocycles. The van der Waals surface area contributed by atoms with E-state index in [-0.39, 0.29) is 10.8 Å². The minimum Gasteiger partial charge on any atom is -0.368 e. The number of amides is 1. The van der Waals surface area contributed by atoms with Gasteiger partial charge in [0.2, 0.25) is 5.91 Å². The molecule has 0 atom stereocenters. The summed E-state index contributed by atoms with van der Waals surface area (Å²) in [6.07, 6.45) is 0.999. The maximum absolute atomic E-state index is 12.8. The quantitative estimate of drug-likeness (QED) is 0.520. The maximum Gasteiger partial charge on any atom is 0.261 e. The second-order valence-corrected chi connectivity index (χ2v) is 10.9. The lowest BCUT2D eigenvalue weighted by atomic mass is 10.1. The number of hydrogen-bond donors (Lipinski definition) is 1. The van der Waals surface area contributed by atoms with Gasteiger partial charge in [-0.2, -0.15) is 0 Å². The fourth-order valence-electron chi connectivity index (χ4n) is 4.36. The van der Waals surface area contributed by atoms with E-state index in [2.05, 4.69) is 41.7 Å². The van der Waals surface area contributed by atoms with Crippen LogP contribution in [0, 0.1) is 20.8 Å². The first-order chi connectivity index (χ1) is 16.7. The number of anilines is 2. The summed E-state index contributed by atoms with van der Waals surface area (Å²) in [5.41, 5.74) is 6.38. The van der Waals surface area contributed by atoms with Crippen LogP contribution in [0.4, 0.5) is 11.4 Å². The van der Waals surface area contributed by atoms with E-state index in [9.17, 15) is 13.2 Å². The van der Waals surface area contributed by atoms with E-state index in [4.69, 9.17) is 0 Å². The molecule has 3 aromatic rings. The molecule has 1 aliphatic heterocycles. The van der Waals surface area contributed by atoms with Gasteiger partial charge in [0.05, 0.1) is 4.90 Å². The van der Waals surface area contributed by atoms with Crippen molar-refractivity contribution in [2.45, 2.75) is 38.5 Å². The molecule has 3 aromatic carbocycles. The molecule has 1 amide bonds. The van der Waals surface area contributed by atoms with Gasteiger partial charge in [0.25, 0.3) is 10.0 Å². The summed E-state index contributed by atoms with van der Waals surface area (Å²) >= 11 is 0. The molecule has 1 N–H and O–H groups in total. The van der Waals surface area contributed by atoms with Crippen molar-refractivity contribution in [3.05, 3.63) is 89.0 Å². The topological polar surface area (TPSA) is 69.7 Å². The number of hydrogen-bond acceptors (Lipinski definition) is 4. The molecular weight excluding hydrogens is 458 g/mol. The Morgan fingerprint density at radius 1 is 0.857 bits per heavy atom. The molecule has 7 heteroatoms. The van der Waals surface area contributed by atoms with Crippen molar-refractivity contribution in [3.63, 3.8) is 0 Å². The first-order valence-electron chi connectivity index (χ1n) is 12.0. The first-order valence-corrected chi connectivity index (χ1v) is 13.5. The fraction of sp³-hybridized carbons (Fsp3) is 0.321. The van der Waals surface area contributed by atoms with Crippen LogP contribution >= 0.6 is 0 Å². The molecule has 184 valence electrons. The second-order valence-electron chi connectivity index (χ2n) is 9.20. The smallest absolute Gasteiger partial charge is 0.261 e. The van der Waals surface area contributed by atoms with Crippen LogP contribution in [0.15, 0.2) is 71.6 Å². The third-order valence-electron chi connectivity index (χ3n) is 6.71. The number of benzene rings is 3. The number of carbonyl (C=O) groups is 1. The molecular formula is C28H33N3O3S. The van der Waals surface area contributed by atoms with Gasteiger partial charge >= 0.3 is 0 Å². The third kappa shape index (κ3) is 6.03. The van der Waals surface area contributed by atoms with Crippen molar-refractivity contribution in [2.75, 3.05) is 35.8 Å². The van der Waals surface area contributed by atoms with Crippen LogP contribution in [0.25, 0.3) is 0 Å². The van der Waals surface area contributed by atoms with Crippen molar-refractivity contribution < 1.29 is 13.2 Å². The van der Waals surface area contributed by atoms with E-state index in [1.807, 2.05) is 24.0 Å². The van der Waals surface area contributed by atoms with Gasteiger partial charge in [0.1, 0.15) is 0 Å². The molecule has 0 bridgehead atoms. The van der Waals surface area contributed by atoms with Crippen molar-refractivity contribution in [3.8, 4) is 0 Å². The van der Waals surface area contributed by atoms with Crippen LogP contribution in [0.1, 0.15) is 28.7 Å². The highest BCUT2D eigenvalue weighted by Crippen LogP contribution is 2.24. The van der Waals surface area contributed by atoms with Crippen molar-refractivity contribution in [2.24, 2.45) is 0 Å². The zero-order valence-corrected chi connectivity index (χ0v) is 21.4. The van der Waals surface area contributed by atoms with E-state index in [0.29, 0.717) is 31.6 Å². The number of nitrogens with one attached hydrogen (secondary N) is 1. The van der Waals surface area contributed by atoms with Crippen LogP contribution in [0.5, 0.6) is 0 Å². The van der Waals surface area contributed by atoms with E-state index in [1.54, 1.807) is 36.4 Å². The van der Waals surface area contributed by atoms with E-state index in [1.165, 1.54) is 16.8 Å². The van der Waals surface area contributed by atoms with Crippen LogP contribution in [-0.2, 0) is 21.2 Å². The Labute approximate surface area is 208 Å². The predicted octanol–water partition coefficient (Wildman–Crippen LogP) is 4.69. The van der Waals surface area contributed by atoms with E-state index < -0.39 is 10.0 Å². The van der Waals surface area contributed by atoms with Crippen molar-refractivity contribution in [1.82, 2.24) is 4.90 Å². The Bertz CT molecular complexity index is 1280. The van der Waals surface area contributed by atoms with E-state index in [0.717, 1.165) is 24.2 Å². The van der Waals surface area contributed by atoms with Gasteiger partial charge in [0.15, 0.2) is 0 Å². The highest BCUT2D eigenvalue weighted by molar-refractivity contribution is 7.92. The van der Waals surface area contributed by atoms with Gasteiger partial charge in [-0.25, -0.2) is 8.42 Å². The number of piperazine rings is 1. The Hall–Kier alpha value is -3.32. The Morgan fingerprint density at radius 3 is 2.17 bits per heavy atom. The van der Waals surface area contributed by atoms with Crippen LogP contribution < -0.4 is 9.62 Å². The number of nitrogens with zero attached hydrogens (tertiary/aromatic N) is 2. The van der Waals surface area contributed by atoms with Gasteiger partial charge in [-0.1, -0.05) is 42.0 Å². The summed E-state index contributed by atoms with van der Waals surface area (Å²) in [6.45, 7) is 9.32. The highest BCUT2D eigenvalue weighted by atomic mass is 32.2. The van der Waals surface area contributed by atoms with E-state index >= 15 is 0 Å². The first kappa shape index (κ1) is 24.8.